The zero-order valence-corrected chi connectivity index (χ0v) is 9.11. The quantitative estimate of drug-likeness (QED) is 0.494. The third-order valence-corrected chi connectivity index (χ3v) is 2.11. The van der Waals surface area contributed by atoms with Crippen molar-refractivity contribution in [3.8, 4) is 0 Å². The number of aromatic nitrogens is 1. The SMILES string of the molecule is COC(=O)Cc1cc(C(F)F)c(=O)[nH]c1[N+](=O)[O-]. The number of ether oxygens (including phenoxy) is 1. The van der Waals surface area contributed by atoms with Gasteiger partial charge in [0.05, 0.1) is 19.1 Å². The number of methoxy groups -OCH3 is 1. The first-order valence-electron chi connectivity index (χ1n) is 4.62. The van der Waals surface area contributed by atoms with Gasteiger partial charge in [0, 0.05) is 0 Å². The van der Waals surface area contributed by atoms with Crippen molar-refractivity contribution >= 4 is 11.8 Å². The van der Waals surface area contributed by atoms with Gasteiger partial charge in [-0.15, -0.1) is 0 Å². The summed E-state index contributed by atoms with van der Waals surface area (Å²) in [6.07, 6.45) is -3.67. The average molecular weight is 262 g/mol. The molecule has 0 aromatic carbocycles. The van der Waals surface area contributed by atoms with Crippen molar-refractivity contribution in [1.29, 1.82) is 0 Å². The van der Waals surface area contributed by atoms with E-state index in [-0.39, 0.29) is 5.56 Å². The highest BCUT2D eigenvalue weighted by atomic mass is 19.3. The van der Waals surface area contributed by atoms with E-state index in [2.05, 4.69) is 4.74 Å². The number of nitro groups is 1. The molecule has 7 nitrogen and oxygen atoms in total. The molecule has 0 aliphatic heterocycles. The Morgan fingerprint density at radius 1 is 1.61 bits per heavy atom. The van der Waals surface area contributed by atoms with E-state index in [0.29, 0.717) is 6.07 Å². The summed E-state index contributed by atoms with van der Waals surface area (Å²) in [5, 5.41) is 10.6. The maximum Gasteiger partial charge on any atom is 0.340 e. The lowest BCUT2D eigenvalue weighted by Crippen LogP contribution is -2.18. The predicted molar refractivity (Wildman–Crippen MR) is 54.4 cm³/mol. The van der Waals surface area contributed by atoms with Gasteiger partial charge in [-0.05, 0) is 11.0 Å². The number of nitrogens with zero attached hydrogens (tertiary/aromatic N) is 1. The van der Waals surface area contributed by atoms with Gasteiger partial charge in [0.1, 0.15) is 5.56 Å². The molecule has 1 aromatic rings. The summed E-state index contributed by atoms with van der Waals surface area (Å²) in [5.74, 6) is -1.64. The Labute approximate surface area is 98.5 Å². The number of esters is 1. The smallest absolute Gasteiger partial charge is 0.340 e. The molecule has 1 rings (SSSR count). The zero-order valence-electron chi connectivity index (χ0n) is 9.11. The van der Waals surface area contributed by atoms with Crippen molar-refractivity contribution < 1.29 is 23.2 Å². The minimum Gasteiger partial charge on any atom is -0.469 e. The molecule has 0 spiro atoms. The molecule has 98 valence electrons. The number of rotatable bonds is 4. The fraction of sp³-hybridized carbons (Fsp3) is 0.333. The van der Waals surface area contributed by atoms with Gasteiger partial charge in [-0.1, -0.05) is 0 Å². The molecule has 18 heavy (non-hydrogen) atoms. The number of hydrogen-bond donors (Lipinski definition) is 1. The zero-order chi connectivity index (χ0) is 13.9. The first-order valence-corrected chi connectivity index (χ1v) is 4.62. The third kappa shape index (κ3) is 2.87. The van der Waals surface area contributed by atoms with E-state index < -0.39 is 40.7 Å². The standard InChI is InChI=1S/C9H8F2N2O5/c1-18-6(14)3-4-2-5(7(10)11)9(15)12-8(4)13(16)17/h2,7H,3H2,1H3,(H,12,15). The maximum absolute atomic E-state index is 12.5. The maximum atomic E-state index is 12.5. The lowest BCUT2D eigenvalue weighted by Gasteiger charge is -2.05. The molecular formula is C9H8F2N2O5. The van der Waals surface area contributed by atoms with Crippen LogP contribution in [-0.2, 0) is 16.0 Å². The molecule has 0 aliphatic carbocycles. The predicted octanol–water partition coefficient (Wildman–Crippen LogP) is 0.936. The molecule has 1 heterocycles. The molecule has 0 fully saturated rings. The molecule has 0 atom stereocenters. The van der Waals surface area contributed by atoms with Crippen molar-refractivity contribution in [2.45, 2.75) is 12.8 Å². The van der Waals surface area contributed by atoms with Crippen LogP contribution in [0.3, 0.4) is 0 Å². The van der Waals surface area contributed by atoms with Crippen LogP contribution in [0.1, 0.15) is 17.6 Å². The van der Waals surface area contributed by atoms with Crippen LogP contribution in [0.5, 0.6) is 0 Å². The van der Waals surface area contributed by atoms with Gasteiger partial charge in [-0.2, -0.15) is 0 Å². The number of H-pyrrole nitrogens is 1. The number of carbonyl (C=O) groups excluding carboxylic acids is 1. The Morgan fingerprint density at radius 2 is 2.22 bits per heavy atom. The lowest BCUT2D eigenvalue weighted by atomic mass is 10.1. The number of alkyl halides is 2. The molecule has 0 amide bonds. The minimum absolute atomic E-state index is 0.332. The van der Waals surface area contributed by atoms with E-state index in [9.17, 15) is 28.5 Å². The summed E-state index contributed by atoms with van der Waals surface area (Å²) in [5.41, 5.74) is -2.52. The van der Waals surface area contributed by atoms with Crippen LogP contribution in [0.15, 0.2) is 10.9 Å². The highest BCUT2D eigenvalue weighted by molar-refractivity contribution is 5.73. The number of halogens is 2. The molecule has 9 heteroatoms. The molecule has 1 aromatic heterocycles. The van der Waals surface area contributed by atoms with Crippen molar-refractivity contribution in [3.05, 3.63) is 37.7 Å². The molecule has 0 radical (unpaired) electrons. The Balaban J connectivity index is 3.35. The monoisotopic (exact) mass is 262 g/mol. The van der Waals surface area contributed by atoms with Crippen LogP contribution in [0.2, 0.25) is 0 Å². The second-order valence-corrected chi connectivity index (χ2v) is 3.24. The first kappa shape index (κ1) is 13.7. The molecule has 0 bridgehead atoms. The van der Waals surface area contributed by atoms with Crippen LogP contribution >= 0.6 is 0 Å². The van der Waals surface area contributed by atoms with E-state index in [1.54, 1.807) is 4.98 Å². The second kappa shape index (κ2) is 5.34. The summed E-state index contributed by atoms with van der Waals surface area (Å²) in [4.78, 5) is 33.5. The van der Waals surface area contributed by atoms with E-state index in [0.717, 1.165) is 7.11 Å². The van der Waals surface area contributed by atoms with Gasteiger partial charge in [0.2, 0.25) is 0 Å². The van der Waals surface area contributed by atoms with E-state index in [4.69, 9.17) is 0 Å². The number of nitrogens with one attached hydrogen (secondary N) is 1. The summed E-state index contributed by atoms with van der Waals surface area (Å²) >= 11 is 0. The topological polar surface area (TPSA) is 102 Å². The molecule has 0 unspecified atom stereocenters. The van der Waals surface area contributed by atoms with Crippen LogP contribution < -0.4 is 5.56 Å². The van der Waals surface area contributed by atoms with Crippen molar-refractivity contribution in [1.82, 2.24) is 4.98 Å². The summed E-state index contributed by atoms with van der Waals surface area (Å²) < 4.78 is 29.2. The fourth-order valence-electron chi connectivity index (χ4n) is 1.27. The Bertz CT molecular complexity index is 540. The summed E-state index contributed by atoms with van der Waals surface area (Å²) in [6.45, 7) is 0. The van der Waals surface area contributed by atoms with Crippen molar-refractivity contribution in [2.24, 2.45) is 0 Å². The number of pyridine rings is 1. The number of carbonyl (C=O) groups is 1. The average Bonchev–Trinajstić information content (AvgIpc) is 2.29. The Kier molecular flexibility index (Phi) is 4.08. The summed E-state index contributed by atoms with van der Waals surface area (Å²) in [6, 6.07) is 0.637. The van der Waals surface area contributed by atoms with Crippen LogP contribution in [-0.4, -0.2) is 23.0 Å². The molecule has 0 saturated heterocycles. The highest BCUT2D eigenvalue weighted by Gasteiger charge is 2.23. The Hall–Kier alpha value is -2.32. The van der Waals surface area contributed by atoms with Crippen molar-refractivity contribution in [2.75, 3.05) is 7.11 Å². The Morgan fingerprint density at radius 3 is 2.67 bits per heavy atom. The fourth-order valence-corrected chi connectivity index (χ4v) is 1.27. The van der Waals surface area contributed by atoms with Gasteiger partial charge in [0.25, 0.3) is 6.43 Å². The number of hydrogen-bond acceptors (Lipinski definition) is 5. The normalized spacial score (nSPS) is 10.4. The van der Waals surface area contributed by atoms with Gasteiger partial charge in [0.15, 0.2) is 0 Å². The van der Waals surface area contributed by atoms with Gasteiger partial charge < -0.3 is 14.9 Å². The van der Waals surface area contributed by atoms with Gasteiger partial charge >= 0.3 is 17.3 Å². The van der Waals surface area contributed by atoms with Crippen LogP contribution in [0.25, 0.3) is 0 Å². The van der Waals surface area contributed by atoms with Crippen molar-refractivity contribution in [3.63, 3.8) is 0 Å². The second-order valence-electron chi connectivity index (χ2n) is 3.24. The van der Waals surface area contributed by atoms with E-state index in [1.807, 2.05) is 0 Å². The van der Waals surface area contributed by atoms with Gasteiger partial charge in [-0.25, -0.2) is 18.6 Å². The largest absolute Gasteiger partial charge is 0.469 e. The third-order valence-electron chi connectivity index (χ3n) is 2.11. The van der Waals surface area contributed by atoms with Gasteiger partial charge in [-0.3, -0.25) is 4.79 Å². The van der Waals surface area contributed by atoms with E-state index in [1.165, 1.54) is 0 Å². The molecule has 0 aliphatic rings. The summed E-state index contributed by atoms with van der Waals surface area (Å²) in [7, 11) is 1.05. The van der Waals surface area contributed by atoms with Crippen LogP contribution in [0.4, 0.5) is 14.6 Å². The highest BCUT2D eigenvalue weighted by Crippen LogP contribution is 2.21. The first-order chi connectivity index (χ1) is 8.36. The molecule has 1 N–H and O–H groups in total. The lowest BCUT2D eigenvalue weighted by molar-refractivity contribution is -0.390. The minimum atomic E-state index is -3.09. The number of aromatic amines is 1. The molecule has 0 saturated carbocycles. The van der Waals surface area contributed by atoms with E-state index >= 15 is 0 Å². The molecular weight excluding hydrogens is 254 g/mol. The van der Waals surface area contributed by atoms with Crippen LogP contribution in [0, 0.1) is 10.1 Å².